The molecule has 0 saturated carbocycles. The zero-order chi connectivity index (χ0) is 17.8. The summed E-state index contributed by atoms with van der Waals surface area (Å²) in [5.41, 5.74) is 2.49. The van der Waals surface area contributed by atoms with Crippen molar-refractivity contribution >= 4 is 23.3 Å². The number of ether oxygens (including phenoxy) is 1. The van der Waals surface area contributed by atoms with Crippen LogP contribution in [0.4, 0.5) is 25.8 Å². The van der Waals surface area contributed by atoms with Crippen LogP contribution in [0.5, 0.6) is 5.75 Å². The Labute approximate surface area is 144 Å². The second kappa shape index (κ2) is 7.13. The van der Waals surface area contributed by atoms with Gasteiger partial charge in [0.05, 0.1) is 12.7 Å². The summed E-state index contributed by atoms with van der Waals surface area (Å²) in [6, 6.07) is 17.0. The quantitative estimate of drug-likeness (QED) is 0.594. The summed E-state index contributed by atoms with van der Waals surface area (Å²) in [5, 5.41) is 0. The molecule has 0 saturated heterocycles. The van der Waals surface area contributed by atoms with Gasteiger partial charge in [0.25, 0.3) is 0 Å². The number of aldehydes is 1. The molecule has 0 N–H and O–H groups in total. The zero-order valence-electron chi connectivity index (χ0n) is 13.4. The fraction of sp³-hybridized carbons (Fsp3) is 0.0500. The topological polar surface area (TPSA) is 29.5 Å². The first-order valence-electron chi connectivity index (χ1n) is 7.57. The van der Waals surface area contributed by atoms with Crippen molar-refractivity contribution in [3.63, 3.8) is 0 Å². The Balaban J connectivity index is 2.15. The Morgan fingerprint density at radius 1 is 0.800 bits per heavy atom. The van der Waals surface area contributed by atoms with Crippen molar-refractivity contribution in [3.8, 4) is 5.75 Å². The highest BCUT2D eigenvalue weighted by Crippen LogP contribution is 2.36. The van der Waals surface area contributed by atoms with E-state index in [1.54, 1.807) is 42.5 Å². The zero-order valence-corrected chi connectivity index (χ0v) is 13.4. The maximum absolute atomic E-state index is 13.3. The van der Waals surface area contributed by atoms with E-state index in [1.165, 1.54) is 31.4 Å². The molecule has 0 aliphatic carbocycles. The molecule has 0 aliphatic heterocycles. The Bertz CT molecular complexity index is 832. The molecule has 0 spiro atoms. The van der Waals surface area contributed by atoms with Gasteiger partial charge in [0.15, 0.2) is 6.29 Å². The van der Waals surface area contributed by atoms with Gasteiger partial charge in [0, 0.05) is 23.1 Å². The summed E-state index contributed by atoms with van der Waals surface area (Å²) < 4.78 is 31.9. The van der Waals surface area contributed by atoms with Gasteiger partial charge in [0.2, 0.25) is 0 Å². The predicted molar refractivity (Wildman–Crippen MR) is 93.0 cm³/mol. The molecule has 126 valence electrons. The minimum atomic E-state index is -0.350. The molecule has 0 heterocycles. The van der Waals surface area contributed by atoms with E-state index in [0.717, 1.165) is 0 Å². The molecular weight excluding hydrogens is 324 g/mol. The molecule has 0 radical (unpaired) electrons. The number of hydrogen-bond acceptors (Lipinski definition) is 3. The molecule has 0 unspecified atom stereocenters. The molecule has 3 nitrogen and oxygen atoms in total. The number of carbonyl (C=O) groups excluding carboxylic acids is 1. The van der Waals surface area contributed by atoms with Gasteiger partial charge in [-0.05, 0) is 60.7 Å². The summed E-state index contributed by atoms with van der Waals surface area (Å²) in [6.45, 7) is 0. The van der Waals surface area contributed by atoms with Crippen molar-refractivity contribution in [1.29, 1.82) is 0 Å². The van der Waals surface area contributed by atoms with Crippen LogP contribution in [-0.2, 0) is 0 Å². The maximum Gasteiger partial charge on any atom is 0.153 e. The van der Waals surface area contributed by atoms with Gasteiger partial charge in [-0.1, -0.05) is 0 Å². The minimum Gasteiger partial charge on any atom is -0.496 e. The predicted octanol–water partition coefficient (Wildman–Crippen LogP) is 5.26. The monoisotopic (exact) mass is 339 g/mol. The Hall–Kier alpha value is -3.21. The van der Waals surface area contributed by atoms with Gasteiger partial charge in [-0.25, -0.2) is 8.78 Å². The van der Waals surface area contributed by atoms with Gasteiger partial charge in [0.1, 0.15) is 17.4 Å². The Morgan fingerprint density at radius 3 is 1.72 bits per heavy atom. The van der Waals surface area contributed by atoms with Crippen LogP contribution in [0.2, 0.25) is 0 Å². The number of anilines is 3. The first-order valence-corrected chi connectivity index (χ1v) is 7.57. The number of methoxy groups -OCH3 is 1. The fourth-order valence-electron chi connectivity index (χ4n) is 2.56. The summed E-state index contributed by atoms with van der Waals surface area (Å²) in [7, 11) is 1.48. The Morgan fingerprint density at radius 2 is 1.28 bits per heavy atom. The van der Waals surface area contributed by atoms with E-state index in [2.05, 4.69) is 0 Å². The van der Waals surface area contributed by atoms with Crippen LogP contribution in [-0.4, -0.2) is 13.4 Å². The molecule has 3 aromatic rings. The average Bonchev–Trinajstić information content (AvgIpc) is 2.65. The summed E-state index contributed by atoms with van der Waals surface area (Å²) in [6.07, 6.45) is 0.711. The first-order chi connectivity index (χ1) is 12.1. The summed E-state index contributed by atoms with van der Waals surface area (Å²) in [5.74, 6) is -0.282. The lowest BCUT2D eigenvalue weighted by atomic mass is 10.1. The molecule has 3 rings (SSSR count). The van der Waals surface area contributed by atoms with Gasteiger partial charge in [-0.15, -0.1) is 0 Å². The van der Waals surface area contributed by atoms with E-state index >= 15 is 0 Å². The maximum atomic E-state index is 13.3. The van der Waals surface area contributed by atoms with Crippen molar-refractivity contribution < 1.29 is 18.3 Å². The minimum absolute atomic E-state index is 0.350. The summed E-state index contributed by atoms with van der Waals surface area (Å²) >= 11 is 0. The van der Waals surface area contributed by atoms with Crippen molar-refractivity contribution in [1.82, 2.24) is 0 Å². The number of nitrogens with zero attached hydrogens (tertiary/aromatic N) is 1. The second-order valence-electron chi connectivity index (χ2n) is 5.33. The molecule has 25 heavy (non-hydrogen) atoms. The highest BCUT2D eigenvalue weighted by Gasteiger charge is 2.15. The van der Waals surface area contributed by atoms with E-state index in [0.29, 0.717) is 34.7 Å². The van der Waals surface area contributed by atoms with Gasteiger partial charge in [-0.3, -0.25) is 4.79 Å². The lowest BCUT2D eigenvalue weighted by molar-refractivity contribution is 0.112. The molecule has 0 aromatic heterocycles. The van der Waals surface area contributed by atoms with Crippen molar-refractivity contribution in [2.24, 2.45) is 0 Å². The van der Waals surface area contributed by atoms with Crippen LogP contribution in [0, 0.1) is 11.6 Å². The number of hydrogen-bond donors (Lipinski definition) is 0. The van der Waals surface area contributed by atoms with E-state index in [1.807, 2.05) is 4.90 Å². The molecule has 0 bridgehead atoms. The van der Waals surface area contributed by atoms with Gasteiger partial charge >= 0.3 is 0 Å². The first kappa shape index (κ1) is 16.6. The Kier molecular flexibility index (Phi) is 4.75. The van der Waals surface area contributed by atoms with E-state index in [-0.39, 0.29) is 11.6 Å². The average molecular weight is 339 g/mol. The molecule has 0 amide bonds. The highest BCUT2D eigenvalue weighted by molar-refractivity contribution is 5.84. The fourth-order valence-corrected chi connectivity index (χ4v) is 2.56. The lowest BCUT2D eigenvalue weighted by Gasteiger charge is -2.26. The van der Waals surface area contributed by atoms with E-state index in [9.17, 15) is 13.6 Å². The SMILES string of the molecule is COc1cc(N(c2ccc(F)cc2)c2ccc(F)cc2)ccc1C=O. The van der Waals surface area contributed by atoms with Crippen LogP contribution in [0.25, 0.3) is 0 Å². The third-order valence-corrected chi connectivity index (χ3v) is 3.77. The molecule has 0 fully saturated rings. The number of rotatable bonds is 5. The molecule has 0 aliphatic rings. The van der Waals surface area contributed by atoms with E-state index < -0.39 is 0 Å². The number of benzene rings is 3. The van der Waals surface area contributed by atoms with Gasteiger partial charge in [-0.2, -0.15) is 0 Å². The van der Waals surface area contributed by atoms with Crippen molar-refractivity contribution in [2.45, 2.75) is 0 Å². The second-order valence-corrected chi connectivity index (χ2v) is 5.33. The van der Waals surface area contributed by atoms with Crippen LogP contribution in [0.15, 0.2) is 66.7 Å². The van der Waals surface area contributed by atoms with Crippen LogP contribution < -0.4 is 9.64 Å². The van der Waals surface area contributed by atoms with Crippen LogP contribution >= 0.6 is 0 Å². The van der Waals surface area contributed by atoms with Crippen LogP contribution in [0.3, 0.4) is 0 Å². The van der Waals surface area contributed by atoms with Crippen molar-refractivity contribution in [2.75, 3.05) is 12.0 Å². The molecule has 5 heteroatoms. The van der Waals surface area contributed by atoms with Crippen molar-refractivity contribution in [3.05, 3.63) is 83.9 Å². The lowest BCUT2D eigenvalue weighted by Crippen LogP contribution is -2.10. The number of halogens is 2. The molecular formula is C20H15F2NO2. The van der Waals surface area contributed by atoms with Gasteiger partial charge < -0.3 is 9.64 Å². The van der Waals surface area contributed by atoms with Crippen LogP contribution in [0.1, 0.15) is 10.4 Å². The standard InChI is InChI=1S/C20H15F2NO2/c1-25-20-12-19(7-2-14(20)13-24)23(17-8-3-15(21)4-9-17)18-10-5-16(22)6-11-18/h2-13H,1H3. The summed E-state index contributed by atoms with van der Waals surface area (Å²) in [4.78, 5) is 12.9. The third-order valence-electron chi connectivity index (χ3n) is 3.77. The largest absolute Gasteiger partial charge is 0.496 e. The highest BCUT2D eigenvalue weighted by atomic mass is 19.1. The molecule has 0 atom stereocenters. The smallest absolute Gasteiger partial charge is 0.153 e. The third kappa shape index (κ3) is 3.50. The number of carbonyl (C=O) groups is 1. The van der Waals surface area contributed by atoms with E-state index in [4.69, 9.17) is 4.74 Å². The normalized spacial score (nSPS) is 10.4. The molecule has 3 aromatic carbocycles.